The SMILES string of the molecule is CN(c1ccc(O)cc1)c1nc2cc(Cl)ccc2o1. The number of hydrogen-bond acceptors (Lipinski definition) is 4. The minimum absolute atomic E-state index is 0.224. The number of aromatic hydroxyl groups is 1. The molecular weight excluding hydrogens is 264 g/mol. The first-order chi connectivity index (χ1) is 9.13. The van der Waals surface area contributed by atoms with Crippen LogP contribution in [-0.2, 0) is 0 Å². The molecule has 1 N–H and O–H groups in total. The number of nitrogens with zero attached hydrogens (tertiary/aromatic N) is 2. The summed E-state index contributed by atoms with van der Waals surface area (Å²) in [4.78, 5) is 6.18. The van der Waals surface area contributed by atoms with Gasteiger partial charge in [-0.15, -0.1) is 0 Å². The van der Waals surface area contributed by atoms with Crippen molar-refractivity contribution in [3.05, 3.63) is 47.5 Å². The van der Waals surface area contributed by atoms with Crippen LogP contribution in [0.25, 0.3) is 11.1 Å². The Morgan fingerprint density at radius 3 is 2.63 bits per heavy atom. The maximum atomic E-state index is 9.28. The van der Waals surface area contributed by atoms with E-state index in [1.165, 1.54) is 0 Å². The monoisotopic (exact) mass is 274 g/mol. The maximum absolute atomic E-state index is 9.28. The van der Waals surface area contributed by atoms with Crippen molar-refractivity contribution in [1.82, 2.24) is 4.98 Å². The first kappa shape index (κ1) is 11.9. The molecule has 2 aromatic carbocycles. The molecule has 0 atom stereocenters. The Balaban J connectivity index is 2.01. The van der Waals surface area contributed by atoms with Crippen LogP contribution in [0.3, 0.4) is 0 Å². The Labute approximate surface area is 114 Å². The van der Waals surface area contributed by atoms with E-state index < -0.39 is 0 Å². The third-order valence-electron chi connectivity index (χ3n) is 2.86. The van der Waals surface area contributed by atoms with Gasteiger partial charge in [0.05, 0.1) is 0 Å². The smallest absolute Gasteiger partial charge is 0.302 e. The van der Waals surface area contributed by atoms with Crippen LogP contribution >= 0.6 is 11.6 Å². The van der Waals surface area contributed by atoms with Crippen LogP contribution in [0.2, 0.25) is 5.02 Å². The van der Waals surface area contributed by atoms with Gasteiger partial charge in [0, 0.05) is 17.8 Å². The predicted molar refractivity (Wildman–Crippen MR) is 75.2 cm³/mol. The third-order valence-corrected chi connectivity index (χ3v) is 3.10. The molecule has 1 heterocycles. The molecule has 0 spiro atoms. The quantitative estimate of drug-likeness (QED) is 0.768. The maximum Gasteiger partial charge on any atom is 0.302 e. The molecule has 0 unspecified atom stereocenters. The predicted octanol–water partition coefficient (Wildman–Crippen LogP) is 3.95. The van der Waals surface area contributed by atoms with Crippen LogP contribution in [0, 0.1) is 0 Å². The normalized spacial score (nSPS) is 10.8. The van der Waals surface area contributed by atoms with E-state index in [0.29, 0.717) is 22.1 Å². The molecule has 5 heteroatoms. The lowest BCUT2D eigenvalue weighted by molar-refractivity contribution is 0.475. The van der Waals surface area contributed by atoms with Gasteiger partial charge in [-0.2, -0.15) is 4.98 Å². The summed E-state index contributed by atoms with van der Waals surface area (Å²) in [6, 6.07) is 12.6. The van der Waals surface area contributed by atoms with Crippen LogP contribution in [0.1, 0.15) is 0 Å². The lowest BCUT2D eigenvalue weighted by atomic mass is 10.3. The summed E-state index contributed by atoms with van der Waals surface area (Å²) in [6.45, 7) is 0. The highest BCUT2D eigenvalue weighted by molar-refractivity contribution is 6.31. The van der Waals surface area contributed by atoms with Crippen LogP contribution in [0.5, 0.6) is 5.75 Å². The van der Waals surface area contributed by atoms with E-state index in [4.69, 9.17) is 16.0 Å². The molecule has 0 saturated heterocycles. The number of phenolic OH excluding ortho intramolecular Hbond substituents is 1. The van der Waals surface area contributed by atoms with Crippen LogP contribution < -0.4 is 4.90 Å². The molecule has 0 fully saturated rings. The molecule has 0 aliphatic heterocycles. The standard InChI is InChI=1S/C14H11ClN2O2/c1-17(10-3-5-11(18)6-4-10)14-16-12-8-9(15)2-7-13(12)19-14/h2-8,18H,1H3. The fraction of sp³-hybridized carbons (Fsp3) is 0.0714. The summed E-state index contributed by atoms with van der Waals surface area (Å²) in [5, 5.41) is 9.91. The molecule has 3 rings (SSSR count). The van der Waals surface area contributed by atoms with E-state index in [1.807, 2.05) is 7.05 Å². The summed E-state index contributed by atoms with van der Waals surface area (Å²) < 4.78 is 5.66. The number of aromatic nitrogens is 1. The zero-order chi connectivity index (χ0) is 13.4. The molecule has 0 bridgehead atoms. The van der Waals surface area contributed by atoms with E-state index >= 15 is 0 Å². The second-order valence-corrected chi connectivity index (χ2v) is 4.62. The number of hydrogen-bond donors (Lipinski definition) is 1. The molecule has 3 aromatic rings. The van der Waals surface area contributed by atoms with E-state index in [-0.39, 0.29) is 5.75 Å². The number of oxazole rings is 1. The fourth-order valence-electron chi connectivity index (χ4n) is 1.82. The number of phenols is 1. The van der Waals surface area contributed by atoms with Gasteiger partial charge in [-0.1, -0.05) is 11.6 Å². The van der Waals surface area contributed by atoms with E-state index in [9.17, 15) is 5.11 Å². The van der Waals surface area contributed by atoms with Crippen LogP contribution in [0.15, 0.2) is 46.9 Å². The van der Waals surface area contributed by atoms with Gasteiger partial charge >= 0.3 is 6.01 Å². The topological polar surface area (TPSA) is 49.5 Å². The largest absolute Gasteiger partial charge is 0.508 e. The number of fused-ring (bicyclic) bond motifs is 1. The summed E-state index contributed by atoms with van der Waals surface area (Å²) >= 11 is 5.92. The zero-order valence-electron chi connectivity index (χ0n) is 10.2. The van der Waals surface area contributed by atoms with Crippen LogP contribution in [-0.4, -0.2) is 17.1 Å². The summed E-state index contributed by atoms with van der Waals surface area (Å²) in [7, 11) is 1.85. The van der Waals surface area contributed by atoms with Crippen molar-refractivity contribution in [1.29, 1.82) is 0 Å². The molecule has 0 radical (unpaired) electrons. The van der Waals surface area contributed by atoms with Crippen molar-refractivity contribution in [2.24, 2.45) is 0 Å². The first-order valence-corrected chi connectivity index (χ1v) is 6.10. The molecule has 4 nitrogen and oxygen atoms in total. The van der Waals surface area contributed by atoms with E-state index in [0.717, 1.165) is 5.69 Å². The average Bonchev–Trinajstić information content (AvgIpc) is 2.81. The van der Waals surface area contributed by atoms with Gasteiger partial charge in [-0.25, -0.2) is 0 Å². The Kier molecular flexibility index (Phi) is 2.80. The van der Waals surface area contributed by atoms with Gasteiger partial charge < -0.3 is 9.52 Å². The van der Waals surface area contributed by atoms with Gasteiger partial charge in [0.2, 0.25) is 0 Å². The molecule has 0 amide bonds. The number of rotatable bonds is 2. The van der Waals surface area contributed by atoms with Crippen molar-refractivity contribution >= 4 is 34.4 Å². The molecular formula is C14H11ClN2O2. The molecule has 0 aliphatic rings. The Morgan fingerprint density at radius 1 is 1.16 bits per heavy atom. The molecule has 19 heavy (non-hydrogen) atoms. The Hall–Kier alpha value is -2.20. The fourth-order valence-corrected chi connectivity index (χ4v) is 1.98. The van der Waals surface area contributed by atoms with Crippen molar-refractivity contribution in [3.8, 4) is 5.75 Å². The van der Waals surface area contributed by atoms with Gasteiger partial charge in [-0.05, 0) is 42.5 Å². The zero-order valence-corrected chi connectivity index (χ0v) is 10.9. The lowest BCUT2D eigenvalue weighted by Gasteiger charge is -2.14. The molecule has 1 aromatic heterocycles. The van der Waals surface area contributed by atoms with Crippen molar-refractivity contribution in [2.45, 2.75) is 0 Å². The van der Waals surface area contributed by atoms with E-state index in [1.54, 1.807) is 47.4 Å². The second-order valence-electron chi connectivity index (χ2n) is 4.18. The summed E-state index contributed by atoms with van der Waals surface area (Å²) in [5.41, 5.74) is 2.27. The highest BCUT2D eigenvalue weighted by atomic mass is 35.5. The Bertz CT molecular complexity index is 722. The summed E-state index contributed by atoms with van der Waals surface area (Å²) in [6.07, 6.45) is 0. The Morgan fingerprint density at radius 2 is 1.89 bits per heavy atom. The first-order valence-electron chi connectivity index (χ1n) is 5.72. The van der Waals surface area contributed by atoms with E-state index in [2.05, 4.69) is 4.98 Å². The highest BCUT2D eigenvalue weighted by Crippen LogP contribution is 2.28. The van der Waals surface area contributed by atoms with Crippen molar-refractivity contribution < 1.29 is 9.52 Å². The molecule has 0 saturated carbocycles. The van der Waals surface area contributed by atoms with Crippen molar-refractivity contribution in [3.63, 3.8) is 0 Å². The van der Waals surface area contributed by atoms with Gasteiger partial charge in [-0.3, -0.25) is 4.90 Å². The third kappa shape index (κ3) is 2.22. The molecule has 96 valence electrons. The van der Waals surface area contributed by atoms with Crippen molar-refractivity contribution in [2.75, 3.05) is 11.9 Å². The summed E-state index contributed by atoms with van der Waals surface area (Å²) in [5.74, 6) is 0.224. The second kappa shape index (κ2) is 4.48. The van der Waals surface area contributed by atoms with Gasteiger partial charge in [0.25, 0.3) is 0 Å². The number of anilines is 2. The number of benzene rings is 2. The minimum Gasteiger partial charge on any atom is -0.508 e. The highest BCUT2D eigenvalue weighted by Gasteiger charge is 2.12. The lowest BCUT2D eigenvalue weighted by Crippen LogP contribution is -2.09. The average molecular weight is 275 g/mol. The van der Waals surface area contributed by atoms with Gasteiger partial charge in [0.15, 0.2) is 5.58 Å². The number of halogens is 1. The van der Waals surface area contributed by atoms with Gasteiger partial charge in [0.1, 0.15) is 11.3 Å². The molecule has 0 aliphatic carbocycles. The van der Waals surface area contributed by atoms with Crippen LogP contribution in [0.4, 0.5) is 11.7 Å². The minimum atomic E-state index is 0.224.